The molecule has 0 bridgehead atoms. The van der Waals surface area contributed by atoms with Crippen molar-refractivity contribution in [1.82, 2.24) is 15.2 Å². The number of anilines is 1. The Morgan fingerprint density at radius 1 is 1.48 bits per heavy atom. The second-order valence-electron chi connectivity index (χ2n) is 4.15. The number of fused-ring (bicyclic) bond motifs is 1. The summed E-state index contributed by atoms with van der Waals surface area (Å²) in [5.74, 6) is -0.462. The van der Waals surface area contributed by atoms with E-state index in [4.69, 9.17) is 4.74 Å². The summed E-state index contributed by atoms with van der Waals surface area (Å²) in [6, 6.07) is 6.28. The van der Waals surface area contributed by atoms with Gasteiger partial charge in [-0.2, -0.15) is 4.98 Å². The van der Waals surface area contributed by atoms with Crippen LogP contribution in [0, 0.1) is 5.82 Å². The maximum atomic E-state index is 13.1. The zero-order valence-electron chi connectivity index (χ0n) is 11.0. The lowest BCUT2D eigenvalue weighted by atomic mass is 10.2. The number of H-pyrrole nitrogens is 1. The van der Waals surface area contributed by atoms with E-state index < -0.39 is 0 Å². The summed E-state index contributed by atoms with van der Waals surface area (Å²) in [5.41, 5.74) is 0. The molecule has 1 amide bonds. The van der Waals surface area contributed by atoms with Crippen LogP contribution in [-0.4, -0.2) is 27.7 Å². The highest BCUT2D eigenvalue weighted by atomic mass is 32.1. The predicted molar refractivity (Wildman–Crippen MR) is 77.3 cm³/mol. The largest absolute Gasteiger partial charge is 0.463 e. The topological polar surface area (TPSA) is 79.9 Å². The predicted octanol–water partition coefficient (Wildman–Crippen LogP) is 2.81. The molecule has 6 nitrogen and oxygen atoms in total. The number of carbonyl (C=O) groups excluding carboxylic acids is 1. The van der Waals surface area contributed by atoms with Crippen molar-refractivity contribution in [2.24, 2.45) is 0 Å². The molecule has 3 aromatic rings. The van der Waals surface area contributed by atoms with Crippen LogP contribution in [0.2, 0.25) is 0 Å². The molecule has 0 atom stereocenters. The molecule has 0 aliphatic rings. The SMILES string of the molecule is CCOc1n[nH]c(NC(=O)c2cc3ccc(F)cc3s2)n1. The molecule has 108 valence electrons. The monoisotopic (exact) mass is 306 g/mol. The molecule has 0 saturated heterocycles. The van der Waals surface area contributed by atoms with Crippen molar-refractivity contribution < 1.29 is 13.9 Å². The summed E-state index contributed by atoms with van der Waals surface area (Å²) < 4.78 is 18.9. The lowest BCUT2D eigenvalue weighted by Crippen LogP contribution is -2.11. The summed E-state index contributed by atoms with van der Waals surface area (Å²) in [6.07, 6.45) is 0. The van der Waals surface area contributed by atoms with Crippen molar-refractivity contribution in [3.8, 4) is 6.01 Å². The molecule has 0 saturated carbocycles. The zero-order valence-corrected chi connectivity index (χ0v) is 11.8. The fraction of sp³-hybridized carbons (Fsp3) is 0.154. The Balaban J connectivity index is 1.79. The van der Waals surface area contributed by atoms with Crippen LogP contribution in [0.3, 0.4) is 0 Å². The third kappa shape index (κ3) is 2.84. The average Bonchev–Trinajstić information content (AvgIpc) is 3.05. The van der Waals surface area contributed by atoms with Gasteiger partial charge in [-0.15, -0.1) is 16.4 Å². The van der Waals surface area contributed by atoms with E-state index in [1.54, 1.807) is 12.1 Å². The molecule has 8 heteroatoms. The number of nitrogens with zero attached hydrogens (tertiary/aromatic N) is 2. The van der Waals surface area contributed by atoms with E-state index in [1.165, 1.54) is 23.5 Å². The minimum absolute atomic E-state index is 0.172. The smallest absolute Gasteiger partial charge is 0.337 e. The molecule has 0 aliphatic carbocycles. The fourth-order valence-corrected chi connectivity index (χ4v) is 2.76. The number of rotatable bonds is 4. The molecular formula is C13H11FN4O2S. The van der Waals surface area contributed by atoms with Crippen LogP contribution in [0.4, 0.5) is 10.3 Å². The Hall–Kier alpha value is -2.48. The highest BCUT2D eigenvalue weighted by molar-refractivity contribution is 7.20. The maximum absolute atomic E-state index is 13.1. The van der Waals surface area contributed by atoms with Crippen LogP contribution in [0.25, 0.3) is 10.1 Å². The van der Waals surface area contributed by atoms with E-state index >= 15 is 0 Å². The first-order valence-corrected chi connectivity index (χ1v) is 7.03. The average molecular weight is 306 g/mol. The van der Waals surface area contributed by atoms with Crippen LogP contribution < -0.4 is 10.1 Å². The first-order chi connectivity index (χ1) is 10.2. The van der Waals surface area contributed by atoms with E-state index in [0.29, 0.717) is 16.2 Å². The van der Waals surface area contributed by atoms with Gasteiger partial charge in [0.25, 0.3) is 5.91 Å². The number of aromatic amines is 1. The number of carbonyl (C=O) groups is 1. The van der Waals surface area contributed by atoms with Gasteiger partial charge in [-0.3, -0.25) is 10.1 Å². The molecule has 0 unspecified atom stereocenters. The quantitative estimate of drug-likeness (QED) is 0.776. The van der Waals surface area contributed by atoms with Crippen LogP contribution in [0.15, 0.2) is 24.3 Å². The maximum Gasteiger partial charge on any atom is 0.337 e. The summed E-state index contributed by atoms with van der Waals surface area (Å²) in [6.45, 7) is 2.25. The number of hydrogen-bond donors (Lipinski definition) is 2. The third-order valence-electron chi connectivity index (χ3n) is 2.68. The summed E-state index contributed by atoms with van der Waals surface area (Å²) in [7, 11) is 0. The highest BCUT2D eigenvalue weighted by Gasteiger charge is 2.13. The van der Waals surface area contributed by atoms with E-state index in [1.807, 2.05) is 6.92 Å². The van der Waals surface area contributed by atoms with Crippen molar-refractivity contribution in [2.75, 3.05) is 11.9 Å². The van der Waals surface area contributed by atoms with Crippen LogP contribution >= 0.6 is 11.3 Å². The molecular weight excluding hydrogens is 295 g/mol. The van der Waals surface area contributed by atoms with Gasteiger partial charge in [-0.25, -0.2) is 9.49 Å². The van der Waals surface area contributed by atoms with Gasteiger partial charge < -0.3 is 4.74 Å². The Morgan fingerprint density at radius 3 is 3.14 bits per heavy atom. The summed E-state index contributed by atoms with van der Waals surface area (Å²) in [4.78, 5) is 16.5. The standard InChI is InChI=1S/C13H11FN4O2S/c1-2-20-13-16-12(17-18-13)15-11(19)10-5-7-3-4-8(14)6-9(7)21-10/h3-6H,2H2,1H3,(H2,15,16,17,18,19). The van der Waals surface area contributed by atoms with Gasteiger partial charge in [-0.1, -0.05) is 6.07 Å². The number of amides is 1. The molecule has 2 aromatic heterocycles. The Labute approximate surface area is 123 Å². The number of ether oxygens (including phenoxy) is 1. The van der Waals surface area contributed by atoms with Crippen molar-refractivity contribution >= 4 is 33.3 Å². The number of nitrogens with one attached hydrogen (secondary N) is 2. The van der Waals surface area contributed by atoms with Crippen LogP contribution in [0.5, 0.6) is 6.01 Å². The normalized spacial score (nSPS) is 10.8. The zero-order chi connectivity index (χ0) is 14.8. The lowest BCUT2D eigenvalue weighted by Gasteiger charge is -1.97. The highest BCUT2D eigenvalue weighted by Crippen LogP contribution is 2.26. The van der Waals surface area contributed by atoms with Crippen molar-refractivity contribution in [2.45, 2.75) is 6.92 Å². The van der Waals surface area contributed by atoms with Crippen LogP contribution in [0.1, 0.15) is 16.6 Å². The fourth-order valence-electron chi connectivity index (χ4n) is 1.78. The number of thiophene rings is 1. The summed E-state index contributed by atoms with van der Waals surface area (Å²) in [5, 5.41) is 9.75. The van der Waals surface area contributed by atoms with Gasteiger partial charge in [0.2, 0.25) is 5.95 Å². The number of halogens is 1. The minimum Gasteiger partial charge on any atom is -0.463 e. The van der Waals surface area contributed by atoms with Gasteiger partial charge in [0, 0.05) is 4.70 Å². The Morgan fingerprint density at radius 2 is 2.33 bits per heavy atom. The lowest BCUT2D eigenvalue weighted by molar-refractivity contribution is 0.103. The van der Waals surface area contributed by atoms with E-state index in [0.717, 1.165) is 5.39 Å². The minimum atomic E-state index is -0.337. The van der Waals surface area contributed by atoms with Gasteiger partial charge in [0.1, 0.15) is 5.82 Å². The first-order valence-electron chi connectivity index (χ1n) is 6.21. The van der Waals surface area contributed by atoms with Gasteiger partial charge in [0.05, 0.1) is 11.5 Å². The molecule has 0 spiro atoms. The van der Waals surface area contributed by atoms with Crippen molar-refractivity contribution in [3.05, 3.63) is 35.0 Å². The molecule has 1 aromatic carbocycles. The van der Waals surface area contributed by atoms with Gasteiger partial charge in [0.15, 0.2) is 0 Å². The Kier molecular flexibility index (Phi) is 3.53. The van der Waals surface area contributed by atoms with E-state index in [2.05, 4.69) is 20.5 Å². The second kappa shape index (κ2) is 5.49. The molecule has 21 heavy (non-hydrogen) atoms. The summed E-state index contributed by atoms with van der Waals surface area (Å²) >= 11 is 1.21. The van der Waals surface area contributed by atoms with E-state index in [-0.39, 0.29) is 23.7 Å². The van der Waals surface area contributed by atoms with Gasteiger partial charge >= 0.3 is 6.01 Å². The molecule has 2 heterocycles. The molecule has 2 N–H and O–H groups in total. The van der Waals surface area contributed by atoms with Crippen LogP contribution in [-0.2, 0) is 0 Å². The molecule has 0 radical (unpaired) electrons. The third-order valence-corrected chi connectivity index (χ3v) is 3.77. The first kappa shape index (κ1) is 13.5. The molecule has 3 rings (SSSR count). The van der Waals surface area contributed by atoms with Crippen molar-refractivity contribution in [1.29, 1.82) is 0 Å². The molecule has 0 fully saturated rings. The number of benzene rings is 1. The number of hydrogen-bond acceptors (Lipinski definition) is 5. The molecule has 0 aliphatic heterocycles. The number of aromatic nitrogens is 3. The van der Waals surface area contributed by atoms with Gasteiger partial charge in [-0.05, 0) is 30.5 Å². The van der Waals surface area contributed by atoms with Crippen molar-refractivity contribution in [3.63, 3.8) is 0 Å². The second-order valence-corrected chi connectivity index (χ2v) is 5.23. The Bertz CT molecular complexity index is 798. The van der Waals surface area contributed by atoms with E-state index in [9.17, 15) is 9.18 Å².